The zero-order valence-electron chi connectivity index (χ0n) is 5.12. The Labute approximate surface area is 54.9 Å². The predicted molar refractivity (Wildman–Crippen MR) is 34.3 cm³/mol. The second kappa shape index (κ2) is 6.11. The number of hydrogen-bond donors (Lipinski definition) is 2. The first-order valence-corrected chi connectivity index (χ1v) is 4.06. The Balaban J connectivity index is 2.97. The molecule has 0 amide bonds. The van der Waals surface area contributed by atoms with Crippen LogP contribution in [0.2, 0.25) is 0 Å². The van der Waals surface area contributed by atoms with Crippen LogP contribution in [0, 0.1) is 0 Å². The van der Waals surface area contributed by atoms with Crippen molar-refractivity contribution in [3.8, 4) is 0 Å². The summed E-state index contributed by atoms with van der Waals surface area (Å²) in [6.07, 6.45) is 0.279. The molecular formula is C4H11NO3P+. The third-order valence-corrected chi connectivity index (χ3v) is 1.40. The summed E-state index contributed by atoms with van der Waals surface area (Å²) in [5, 5.41) is 8.19. The van der Waals surface area contributed by atoms with Gasteiger partial charge in [0.25, 0.3) is 6.35 Å². The summed E-state index contributed by atoms with van der Waals surface area (Å²) in [4.78, 5) is 0. The van der Waals surface area contributed by atoms with Gasteiger partial charge in [-0.15, -0.1) is 4.52 Å². The molecule has 0 spiro atoms. The first-order chi connectivity index (χ1) is 4.31. The average molecular weight is 152 g/mol. The smallest absolute Gasteiger partial charge is 0.351 e. The third-order valence-electron chi connectivity index (χ3n) is 0.699. The summed E-state index contributed by atoms with van der Waals surface area (Å²) >= 11 is 0. The van der Waals surface area contributed by atoms with E-state index in [2.05, 4.69) is 4.52 Å². The largest absolute Gasteiger partial charge is 0.536 e. The highest BCUT2D eigenvalue weighted by Gasteiger charge is 2.12. The van der Waals surface area contributed by atoms with Crippen LogP contribution in [0.5, 0.6) is 0 Å². The Morgan fingerprint density at radius 1 is 1.67 bits per heavy atom. The van der Waals surface area contributed by atoms with Gasteiger partial charge in [0, 0.05) is 0 Å². The third kappa shape index (κ3) is 5.86. The van der Waals surface area contributed by atoms with E-state index >= 15 is 0 Å². The number of nitrogens with two attached hydrogens (primary N) is 1. The minimum atomic E-state index is -1.84. The van der Waals surface area contributed by atoms with Crippen molar-refractivity contribution in [1.82, 2.24) is 0 Å². The molecule has 0 saturated heterocycles. The molecule has 0 fully saturated rings. The van der Waals surface area contributed by atoms with Gasteiger partial charge in [-0.1, -0.05) is 0 Å². The molecule has 1 unspecified atom stereocenters. The van der Waals surface area contributed by atoms with Crippen molar-refractivity contribution in [2.75, 3.05) is 19.5 Å². The molecular weight excluding hydrogens is 141 g/mol. The first-order valence-electron chi connectivity index (χ1n) is 2.69. The molecule has 3 N–H and O–H groups in total. The average Bonchev–Trinajstić information content (AvgIpc) is 1.89. The van der Waals surface area contributed by atoms with Crippen molar-refractivity contribution in [2.45, 2.75) is 6.42 Å². The van der Waals surface area contributed by atoms with Crippen molar-refractivity contribution in [3.63, 3.8) is 0 Å². The quantitative estimate of drug-likeness (QED) is 0.431. The van der Waals surface area contributed by atoms with Gasteiger partial charge in [-0.3, -0.25) is 0 Å². The van der Waals surface area contributed by atoms with Crippen LogP contribution in [0.3, 0.4) is 0 Å². The highest BCUT2D eigenvalue weighted by molar-refractivity contribution is 7.38. The molecule has 54 valence electrons. The van der Waals surface area contributed by atoms with Crippen molar-refractivity contribution < 1.29 is 14.2 Å². The standard InChI is InChI=1S/C4H11NO3P/c5-2-1-3-8-9(7)4-6/h6H,1-5H2/q+1. The van der Waals surface area contributed by atoms with E-state index in [9.17, 15) is 4.57 Å². The van der Waals surface area contributed by atoms with Gasteiger partial charge in [-0.25, -0.2) is 0 Å². The molecule has 4 nitrogen and oxygen atoms in total. The Bertz CT molecular complexity index is 87.9. The van der Waals surface area contributed by atoms with Crippen LogP contribution in [-0.4, -0.2) is 24.6 Å². The van der Waals surface area contributed by atoms with E-state index in [0.29, 0.717) is 19.6 Å². The van der Waals surface area contributed by atoms with E-state index in [0.717, 1.165) is 0 Å². The lowest BCUT2D eigenvalue weighted by Gasteiger charge is -1.86. The fourth-order valence-corrected chi connectivity index (χ4v) is 0.705. The summed E-state index contributed by atoms with van der Waals surface area (Å²) < 4.78 is 14.9. The van der Waals surface area contributed by atoms with E-state index < -0.39 is 14.4 Å². The fraction of sp³-hybridized carbons (Fsp3) is 1.00. The van der Waals surface area contributed by atoms with Gasteiger partial charge >= 0.3 is 8.03 Å². The summed E-state index contributed by atoms with van der Waals surface area (Å²) in [5.41, 5.74) is 5.12. The first kappa shape index (κ1) is 8.98. The van der Waals surface area contributed by atoms with Gasteiger partial charge in [0.1, 0.15) is 6.61 Å². The van der Waals surface area contributed by atoms with E-state index in [4.69, 9.17) is 10.8 Å². The van der Waals surface area contributed by atoms with Crippen LogP contribution in [0.4, 0.5) is 0 Å². The molecule has 0 aromatic rings. The number of rotatable bonds is 5. The molecule has 0 radical (unpaired) electrons. The minimum absolute atomic E-state index is 0.367. The Morgan fingerprint density at radius 3 is 2.78 bits per heavy atom. The molecule has 0 heterocycles. The van der Waals surface area contributed by atoms with Gasteiger partial charge < -0.3 is 10.8 Å². The van der Waals surface area contributed by atoms with Crippen molar-refractivity contribution in [3.05, 3.63) is 0 Å². The monoisotopic (exact) mass is 152 g/mol. The molecule has 0 aromatic carbocycles. The SMILES string of the molecule is NCCCO[P+](=O)CO. The second-order valence-corrected chi connectivity index (χ2v) is 2.66. The zero-order chi connectivity index (χ0) is 7.11. The summed E-state index contributed by atoms with van der Waals surface area (Å²) in [7, 11) is -1.84. The van der Waals surface area contributed by atoms with Crippen molar-refractivity contribution in [2.24, 2.45) is 5.73 Å². The maximum atomic E-state index is 10.3. The van der Waals surface area contributed by atoms with Crippen LogP contribution < -0.4 is 5.73 Å². The van der Waals surface area contributed by atoms with Crippen LogP contribution in [0.25, 0.3) is 0 Å². The maximum absolute atomic E-state index is 10.3. The van der Waals surface area contributed by atoms with Crippen molar-refractivity contribution >= 4 is 8.03 Å². The van der Waals surface area contributed by atoms with E-state index in [1.165, 1.54) is 0 Å². The van der Waals surface area contributed by atoms with E-state index in [1.807, 2.05) is 0 Å². The molecule has 0 bridgehead atoms. The Morgan fingerprint density at radius 2 is 2.33 bits per heavy atom. The van der Waals surface area contributed by atoms with Crippen molar-refractivity contribution in [1.29, 1.82) is 0 Å². The Kier molecular flexibility index (Phi) is 6.09. The van der Waals surface area contributed by atoms with Crippen LogP contribution in [0.1, 0.15) is 6.42 Å². The van der Waals surface area contributed by atoms with Gasteiger partial charge in [0.05, 0.1) is 0 Å². The van der Waals surface area contributed by atoms with Crippen LogP contribution >= 0.6 is 8.03 Å². The molecule has 5 heteroatoms. The lowest BCUT2D eigenvalue weighted by Crippen LogP contribution is -2.01. The molecule has 0 saturated carbocycles. The van der Waals surface area contributed by atoms with E-state index in [1.54, 1.807) is 0 Å². The molecule has 0 aliphatic carbocycles. The molecule has 9 heavy (non-hydrogen) atoms. The molecule has 0 aromatic heterocycles. The normalized spacial score (nSPS) is 11.6. The van der Waals surface area contributed by atoms with E-state index in [-0.39, 0.29) is 0 Å². The predicted octanol–water partition coefficient (Wildman–Crippen LogP) is 0.0440. The van der Waals surface area contributed by atoms with Gasteiger partial charge in [0.2, 0.25) is 0 Å². The highest BCUT2D eigenvalue weighted by atomic mass is 31.1. The molecule has 0 aliphatic rings. The highest BCUT2D eigenvalue weighted by Crippen LogP contribution is 2.18. The maximum Gasteiger partial charge on any atom is 0.536 e. The Hall–Kier alpha value is -0.0200. The molecule has 1 atom stereocenters. The number of aliphatic hydroxyl groups is 1. The van der Waals surface area contributed by atoms with Gasteiger partial charge in [0.15, 0.2) is 0 Å². The zero-order valence-corrected chi connectivity index (χ0v) is 6.01. The molecule has 0 aliphatic heterocycles. The van der Waals surface area contributed by atoms with Crippen LogP contribution in [-0.2, 0) is 9.09 Å². The molecule has 0 rings (SSSR count). The number of hydrogen-bond acceptors (Lipinski definition) is 4. The summed E-state index contributed by atoms with van der Waals surface area (Å²) in [6.45, 7) is 0.890. The van der Waals surface area contributed by atoms with Crippen LogP contribution in [0.15, 0.2) is 0 Å². The lowest BCUT2D eigenvalue weighted by molar-refractivity contribution is 0.286. The summed E-state index contributed by atoms with van der Waals surface area (Å²) in [5.74, 6) is 0. The van der Waals surface area contributed by atoms with Gasteiger partial charge in [-0.05, 0) is 17.5 Å². The topological polar surface area (TPSA) is 72.5 Å². The van der Waals surface area contributed by atoms with Gasteiger partial charge in [-0.2, -0.15) is 0 Å². The minimum Gasteiger partial charge on any atom is -0.351 e. The lowest BCUT2D eigenvalue weighted by atomic mass is 10.5. The fourth-order valence-electron chi connectivity index (χ4n) is 0.291. The summed E-state index contributed by atoms with van der Waals surface area (Å²) in [6, 6.07) is 0. The number of aliphatic hydroxyl groups excluding tert-OH is 1. The second-order valence-electron chi connectivity index (χ2n) is 1.45.